The van der Waals surface area contributed by atoms with E-state index in [1.54, 1.807) is 0 Å². The lowest BCUT2D eigenvalue weighted by atomic mass is 10.2. The maximum absolute atomic E-state index is 6.11. The maximum Gasteiger partial charge on any atom is 0.0863 e. The molecule has 0 radical (unpaired) electrons. The van der Waals surface area contributed by atoms with E-state index in [2.05, 4.69) is 20.9 Å². The van der Waals surface area contributed by atoms with Gasteiger partial charge in [-0.2, -0.15) is 0 Å². The number of fused-ring (bicyclic) bond motifs is 1. The topological polar surface area (TPSA) is 12.9 Å². The summed E-state index contributed by atoms with van der Waals surface area (Å²) in [5.41, 5.74) is 1.59. The number of pyridine rings is 1. The number of hydrogen-bond acceptors (Lipinski definition) is 1. The van der Waals surface area contributed by atoms with E-state index in [1.807, 2.05) is 25.1 Å². The summed E-state index contributed by atoms with van der Waals surface area (Å²) in [7, 11) is 0. The van der Waals surface area contributed by atoms with Crippen LogP contribution in [-0.4, -0.2) is 4.98 Å². The number of nitrogens with zero attached hydrogens (tertiary/aromatic N) is 1. The Hall–Kier alpha value is -0.310. The van der Waals surface area contributed by atoms with Gasteiger partial charge in [-0.1, -0.05) is 35.3 Å². The fourth-order valence-electron chi connectivity index (χ4n) is 1.30. The molecule has 0 fully saturated rings. The van der Waals surface area contributed by atoms with E-state index >= 15 is 0 Å². The van der Waals surface area contributed by atoms with E-state index in [0.29, 0.717) is 10.0 Å². The first-order valence-corrected chi connectivity index (χ1v) is 5.56. The fourth-order valence-corrected chi connectivity index (χ4v) is 2.19. The predicted molar refractivity (Wildman–Crippen MR) is 64.2 cm³/mol. The second-order valence-corrected chi connectivity index (χ2v) is 4.57. The van der Waals surface area contributed by atoms with Crippen LogP contribution in [0.25, 0.3) is 10.9 Å². The Balaban J connectivity index is 2.98. The number of halogens is 3. The van der Waals surface area contributed by atoms with Crippen LogP contribution in [0.4, 0.5) is 0 Å². The van der Waals surface area contributed by atoms with Gasteiger partial charge in [-0.05, 0) is 28.9 Å². The Bertz CT molecular complexity index is 511. The lowest BCUT2D eigenvalue weighted by Gasteiger charge is -2.06. The van der Waals surface area contributed by atoms with E-state index in [4.69, 9.17) is 23.2 Å². The van der Waals surface area contributed by atoms with Gasteiger partial charge in [-0.15, -0.1) is 0 Å². The molecule has 0 atom stereocenters. The fraction of sp³-hybridized carbons (Fsp3) is 0.100. The predicted octanol–water partition coefficient (Wildman–Crippen LogP) is 4.61. The molecule has 0 aliphatic rings. The lowest BCUT2D eigenvalue weighted by molar-refractivity contribution is 1.25. The van der Waals surface area contributed by atoms with Crippen molar-refractivity contribution in [2.75, 3.05) is 0 Å². The molecule has 14 heavy (non-hydrogen) atoms. The van der Waals surface area contributed by atoms with Gasteiger partial charge < -0.3 is 0 Å². The van der Waals surface area contributed by atoms with Crippen molar-refractivity contribution in [1.29, 1.82) is 0 Å². The average molecular weight is 291 g/mol. The summed E-state index contributed by atoms with van der Waals surface area (Å²) in [5.74, 6) is 0. The monoisotopic (exact) mass is 289 g/mol. The highest BCUT2D eigenvalue weighted by atomic mass is 79.9. The van der Waals surface area contributed by atoms with Gasteiger partial charge in [0.15, 0.2) is 0 Å². The zero-order valence-electron chi connectivity index (χ0n) is 7.31. The van der Waals surface area contributed by atoms with Crippen LogP contribution in [0.3, 0.4) is 0 Å². The van der Waals surface area contributed by atoms with Gasteiger partial charge in [0.05, 0.1) is 21.3 Å². The Labute approximate surface area is 100 Å². The minimum absolute atomic E-state index is 0.525. The van der Waals surface area contributed by atoms with E-state index in [-0.39, 0.29) is 0 Å². The van der Waals surface area contributed by atoms with Gasteiger partial charge in [0.2, 0.25) is 0 Å². The normalized spacial score (nSPS) is 10.9. The number of hydrogen-bond donors (Lipinski definition) is 0. The number of benzene rings is 1. The summed E-state index contributed by atoms with van der Waals surface area (Å²) in [6.07, 6.45) is 0. The molecule has 1 aromatic heterocycles. The minimum atomic E-state index is 0.525. The molecular weight excluding hydrogens is 285 g/mol. The van der Waals surface area contributed by atoms with Gasteiger partial charge in [0.25, 0.3) is 0 Å². The van der Waals surface area contributed by atoms with Crippen LogP contribution in [0.2, 0.25) is 10.0 Å². The summed E-state index contributed by atoms with van der Waals surface area (Å²) in [4.78, 5) is 4.37. The highest BCUT2D eigenvalue weighted by Gasteiger charge is 2.10. The van der Waals surface area contributed by atoms with E-state index < -0.39 is 0 Å². The first kappa shape index (κ1) is 10.2. The Kier molecular flexibility index (Phi) is 2.69. The van der Waals surface area contributed by atoms with Crippen molar-refractivity contribution < 1.29 is 0 Å². The van der Waals surface area contributed by atoms with Gasteiger partial charge in [-0.3, -0.25) is 4.98 Å². The lowest BCUT2D eigenvalue weighted by Crippen LogP contribution is -1.88. The van der Waals surface area contributed by atoms with Crippen LogP contribution in [-0.2, 0) is 0 Å². The molecule has 1 aromatic carbocycles. The first-order valence-electron chi connectivity index (χ1n) is 4.01. The van der Waals surface area contributed by atoms with E-state index in [1.165, 1.54) is 0 Å². The molecule has 1 heterocycles. The Morgan fingerprint density at radius 1 is 1.21 bits per heavy atom. The molecule has 2 rings (SSSR count). The molecule has 0 spiro atoms. The maximum atomic E-state index is 6.11. The first-order chi connectivity index (χ1) is 6.61. The molecule has 0 aliphatic heterocycles. The zero-order chi connectivity index (χ0) is 10.3. The van der Waals surface area contributed by atoms with Crippen molar-refractivity contribution in [3.05, 3.63) is 38.4 Å². The smallest absolute Gasteiger partial charge is 0.0863 e. The molecule has 4 heteroatoms. The van der Waals surface area contributed by atoms with Crippen LogP contribution in [0.1, 0.15) is 5.69 Å². The SMILES string of the molecule is Cc1nc2c(Br)cccc2c(Cl)c1Cl. The number of rotatable bonds is 0. The van der Waals surface area contributed by atoms with Gasteiger partial charge in [-0.25, -0.2) is 0 Å². The highest BCUT2D eigenvalue weighted by molar-refractivity contribution is 9.10. The number of para-hydroxylation sites is 1. The number of aromatic nitrogens is 1. The summed E-state index contributed by atoms with van der Waals surface area (Å²) >= 11 is 15.5. The zero-order valence-corrected chi connectivity index (χ0v) is 10.4. The second kappa shape index (κ2) is 3.69. The molecule has 0 saturated heterocycles. The summed E-state index contributed by atoms with van der Waals surface area (Å²) in [6, 6.07) is 5.74. The van der Waals surface area contributed by atoms with Crippen molar-refractivity contribution in [3.8, 4) is 0 Å². The van der Waals surface area contributed by atoms with Gasteiger partial charge >= 0.3 is 0 Å². The quantitative estimate of drug-likeness (QED) is 0.690. The van der Waals surface area contributed by atoms with Crippen LogP contribution in [0.15, 0.2) is 22.7 Å². The van der Waals surface area contributed by atoms with E-state index in [9.17, 15) is 0 Å². The largest absolute Gasteiger partial charge is 0.250 e. The van der Waals surface area contributed by atoms with Crippen LogP contribution in [0, 0.1) is 6.92 Å². The molecule has 2 aromatic rings. The van der Waals surface area contributed by atoms with Crippen molar-refractivity contribution in [3.63, 3.8) is 0 Å². The molecule has 0 unspecified atom stereocenters. The minimum Gasteiger partial charge on any atom is -0.250 e. The third-order valence-corrected chi connectivity index (χ3v) is 3.60. The molecular formula is C10H6BrCl2N. The Morgan fingerprint density at radius 2 is 1.93 bits per heavy atom. The van der Waals surface area contributed by atoms with Gasteiger partial charge in [0.1, 0.15) is 0 Å². The third-order valence-electron chi connectivity index (χ3n) is 2.01. The van der Waals surface area contributed by atoms with Crippen LogP contribution >= 0.6 is 39.1 Å². The third kappa shape index (κ3) is 1.52. The van der Waals surface area contributed by atoms with Crippen molar-refractivity contribution >= 4 is 50.0 Å². The molecule has 0 bridgehead atoms. The van der Waals surface area contributed by atoms with Crippen molar-refractivity contribution in [2.45, 2.75) is 6.92 Å². The molecule has 0 amide bonds. The molecule has 0 aliphatic carbocycles. The molecule has 1 nitrogen and oxygen atoms in total. The summed E-state index contributed by atoms with van der Waals surface area (Å²) < 4.78 is 0.927. The van der Waals surface area contributed by atoms with E-state index in [0.717, 1.165) is 21.1 Å². The molecule has 72 valence electrons. The summed E-state index contributed by atoms with van der Waals surface area (Å²) in [5, 5.41) is 1.96. The molecule has 0 N–H and O–H groups in total. The van der Waals surface area contributed by atoms with Crippen molar-refractivity contribution in [2.24, 2.45) is 0 Å². The van der Waals surface area contributed by atoms with Crippen LogP contribution < -0.4 is 0 Å². The number of aryl methyl sites for hydroxylation is 1. The standard InChI is InChI=1S/C10H6BrCl2N/c1-5-8(12)9(13)6-3-2-4-7(11)10(6)14-5/h2-4H,1H3. The Morgan fingerprint density at radius 3 is 2.64 bits per heavy atom. The second-order valence-electron chi connectivity index (χ2n) is 2.96. The average Bonchev–Trinajstić information content (AvgIpc) is 2.17. The van der Waals surface area contributed by atoms with Gasteiger partial charge in [0, 0.05) is 9.86 Å². The van der Waals surface area contributed by atoms with Crippen LogP contribution in [0.5, 0.6) is 0 Å². The van der Waals surface area contributed by atoms with Crippen molar-refractivity contribution in [1.82, 2.24) is 4.98 Å². The summed E-state index contributed by atoms with van der Waals surface area (Å²) in [6.45, 7) is 1.84. The molecule has 0 saturated carbocycles. The highest BCUT2D eigenvalue weighted by Crippen LogP contribution is 2.34.